The highest BCUT2D eigenvalue weighted by molar-refractivity contribution is 6.31. The first kappa shape index (κ1) is 22.5. The van der Waals surface area contributed by atoms with Gasteiger partial charge in [-0.2, -0.15) is 0 Å². The maximum absolute atomic E-state index is 12.3. The number of hydrogen-bond acceptors (Lipinski definition) is 5. The normalized spacial score (nSPS) is 15.8. The van der Waals surface area contributed by atoms with Crippen LogP contribution >= 0.6 is 11.6 Å². The van der Waals surface area contributed by atoms with Gasteiger partial charge in [0.05, 0.1) is 12.5 Å². The molecule has 2 atom stereocenters. The lowest BCUT2D eigenvalue weighted by atomic mass is 10.0. The molecule has 5 amide bonds. The van der Waals surface area contributed by atoms with E-state index in [4.69, 9.17) is 22.1 Å². The van der Waals surface area contributed by atoms with Gasteiger partial charge in [0.1, 0.15) is 0 Å². The molecule has 1 aromatic rings. The van der Waals surface area contributed by atoms with Crippen molar-refractivity contribution < 1.29 is 23.9 Å². The van der Waals surface area contributed by atoms with Gasteiger partial charge in [0.2, 0.25) is 0 Å². The zero-order valence-electron chi connectivity index (χ0n) is 16.1. The zero-order valence-corrected chi connectivity index (χ0v) is 16.8. The van der Waals surface area contributed by atoms with Crippen LogP contribution in [0.25, 0.3) is 0 Å². The first-order valence-electron chi connectivity index (χ1n) is 9.37. The van der Waals surface area contributed by atoms with Crippen molar-refractivity contribution in [1.29, 1.82) is 0 Å². The Morgan fingerprint density at radius 2 is 1.86 bits per heavy atom. The number of rotatable bonds is 7. The maximum atomic E-state index is 12.3. The second kappa shape index (κ2) is 10.7. The van der Waals surface area contributed by atoms with Gasteiger partial charge < -0.3 is 21.1 Å². The van der Waals surface area contributed by atoms with Gasteiger partial charge in [0, 0.05) is 11.1 Å². The standard InChI is InChI=1S/C19H25ClN4O5/c1-11(17(26)24-19(28)22-12-6-2-3-7-12)29-16(25)10-15(23-18(21)27)13-8-4-5-9-14(13)20/h4-5,8-9,11-12,15H,2-3,6-7,10H2,1H3,(H3,21,23,27)(H2,22,24,26,28)/t11-,15+/m0/s1. The van der Waals surface area contributed by atoms with Crippen molar-refractivity contribution >= 4 is 35.5 Å². The van der Waals surface area contributed by atoms with E-state index in [-0.39, 0.29) is 12.5 Å². The molecule has 158 valence electrons. The number of urea groups is 2. The SMILES string of the molecule is C[C@H](OC(=O)C[C@@H](NC(N)=O)c1ccccc1Cl)C(=O)NC(=O)NC1CCCC1. The van der Waals surface area contributed by atoms with Crippen molar-refractivity contribution in [1.82, 2.24) is 16.0 Å². The summed E-state index contributed by atoms with van der Waals surface area (Å²) in [4.78, 5) is 47.5. The molecule has 0 aromatic heterocycles. The van der Waals surface area contributed by atoms with Crippen LogP contribution in [0, 0.1) is 0 Å². The van der Waals surface area contributed by atoms with Crippen LogP contribution in [0.3, 0.4) is 0 Å². The summed E-state index contributed by atoms with van der Waals surface area (Å²) in [6.45, 7) is 1.35. The summed E-state index contributed by atoms with van der Waals surface area (Å²) in [6.07, 6.45) is 2.35. The molecular weight excluding hydrogens is 400 g/mol. The number of amides is 5. The number of imide groups is 1. The average Bonchev–Trinajstić information content (AvgIpc) is 3.13. The highest BCUT2D eigenvalue weighted by Gasteiger charge is 2.25. The topological polar surface area (TPSA) is 140 Å². The summed E-state index contributed by atoms with van der Waals surface area (Å²) in [5, 5.41) is 7.65. The van der Waals surface area contributed by atoms with Crippen LogP contribution in [0.4, 0.5) is 9.59 Å². The van der Waals surface area contributed by atoms with E-state index in [1.54, 1.807) is 24.3 Å². The van der Waals surface area contributed by atoms with Gasteiger partial charge in [0.15, 0.2) is 6.10 Å². The van der Waals surface area contributed by atoms with Crippen molar-refractivity contribution in [2.45, 2.75) is 57.2 Å². The summed E-state index contributed by atoms with van der Waals surface area (Å²) in [5.41, 5.74) is 5.66. The number of esters is 1. The number of hydrogen-bond donors (Lipinski definition) is 4. The van der Waals surface area contributed by atoms with Gasteiger partial charge in [0.25, 0.3) is 5.91 Å². The van der Waals surface area contributed by atoms with Crippen LogP contribution in [0.1, 0.15) is 50.6 Å². The third-order valence-corrected chi connectivity index (χ3v) is 4.92. The summed E-state index contributed by atoms with van der Waals surface area (Å²) in [5.74, 6) is -1.51. The van der Waals surface area contributed by atoms with Crippen LogP contribution in [0.5, 0.6) is 0 Å². The Morgan fingerprint density at radius 1 is 1.21 bits per heavy atom. The van der Waals surface area contributed by atoms with Gasteiger partial charge in [-0.1, -0.05) is 42.6 Å². The molecule has 0 radical (unpaired) electrons. The zero-order chi connectivity index (χ0) is 21.4. The number of nitrogens with two attached hydrogens (primary N) is 1. The van der Waals surface area contributed by atoms with Crippen LogP contribution in [-0.2, 0) is 14.3 Å². The third kappa shape index (κ3) is 7.26. The lowest BCUT2D eigenvalue weighted by Gasteiger charge is -2.20. The molecule has 0 heterocycles. The molecule has 2 rings (SSSR count). The minimum atomic E-state index is -1.20. The number of primary amides is 1. The monoisotopic (exact) mass is 424 g/mol. The number of benzene rings is 1. The molecule has 1 saturated carbocycles. The molecule has 0 saturated heterocycles. The van der Waals surface area contributed by atoms with Crippen molar-refractivity contribution in [3.05, 3.63) is 34.9 Å². The minimum absolute atomic E-state index is 0.0527. The van der Waals surface area contributed by atoms with E-state index in [0.717, 1.165) is 25.7 Å². The van der Waals surface area contributed by atoms with Gasteiger partial charge in [-0.05, 0) is 31.4 Å². The predicted molar refractivity (Wildman–Crippen MR) is 106 cm³/mol. The largest absolute Gasteiger partial charge is 0.452 e. The summed E-state index contributed by atoms with van der Waals surface area (Å²) in [6, 6.07) is 4.42. The van der Waals surface area contributed by atoms with Crippen molar-refractivity contribution in [2.75, 3.05) is 0 Å². The molecule has 1 fully saturated rings. The Morgan fingerprint density at radius 3 is 2.48 bits per heavy atom. The van der Waals surface area contributed by atoms with E-state index in [1.807, 2.05) is 0 Å². The molecule has 9 nitrogen and oxygen atoms in total. The Hall–Kier alpha value is -2.81. The molecule has 1 aliphatic rings. The third-order valence-electron chi connectivity index (χ3n) is 4.57. The first-order valence-corrected chi connectivity index (χ1v) is 9.75. The molecule has 0 spiro atoms. The Kier molecular flexibility index (Phi) is 8.26. The lowest BCUT2D eigenvalue weighted by Crippen LogP contribution is -2.47. The summed E-state index contributed by atoms with van der Waals surface area (Å²) >= 11 is 6.12. The number of nitrogens with one attached hydrogen (secondary N) is 3. The molecule has 0 unspecified atom stereocenters. The van der Waals surface area contributed by atoms with Crippen molar-refractivity contribution in [3.63, 3.8) is 0 Å². The average molecular weight is 425 g/mol. The number of halogens is 1. The van der Waals surface area contributed by atoms with E-state index < -0.39 is 36.1 Å². The minimum Gasteiger partial charge on any atom is -0.452 e. The van der Waals surface area contributed by atoms with Gasteiger partial charge in [-0.3, -0.25) is 14.9 Å². The second-order valence-electron chi connectivity index (χ2n) is 6.86. The predicted octanol–water partition coefficient (Wildman–Crippen LogP) is 2.14. The Labute approximate surface area is 173 Å². The fraction of sp³-hybridized carbons (Fsp3) is 0.474. The Bertz CT molecular complexity index is 767. The second-order valence-corrected chi connectivity index (χ2v) is 7.27. The smallest absolute Gasteiger partial charge is 0.321 e. The molecule has 5 N–H and O–H groups in total. The van der Waals surface area contributed by atoms with Crippen LogP contribution < -0.4 is 21.7 Å². The van der Waals surface area contributed by atoms with Gasteiger partial charge >= 0.3 is 18.0 Å². The van der Waals surface area contributed by atoms with Crippen LogP contribution in [-0.4, -0.2) is 36.1 Å². The van der Waals surface area contributed by atoms with E-state index in [0.29, 0.717) is 10.6 Å². The van der Waals surface area contributed by atoms with Crippen molar-refractivity contribution in [2.24, 2.45) is 5.73 Å². The maximum Gasteiger partial charge on any atom is 0.321 e. The van der Waals surface area contributed by atoms with E-state index in [2.05, 4.69) is 16.0 Å². The first-order chi connectivity index (χ1) is 13.8. The summed E-state index contributed by atoms with van der Waals surface area (Å²) < 4.78 is 5.09. The van der Waals surface area contributed by atoms with Crippen molar-refractivity contribution in [3.8, 4) is 0 Å². The summed E-state index contributed by atoms with van der Waals surface area (Å²) in [7, 11) is 0. The van der Waals surface area contributed by atoms with E-state index in [9.17, 15) is 19.2 Å². The number of carbonyl (C=O) groups is 4. The van der Waals surface area contributed by atoms with Gasteiger partial charge in [-0.15, -0.1) is 0 Å². The fourth-order valence-electron chi connectivity index (χ4n) is 3.14. The van der Waals surface area contributed by atoms with Crippen LogP contribution in [0.2, 0.25) is 5.02 Å². The molecule has 10 heteroatoms. The fourth-order valence-corrected chi connectivity index (χ4v) is 3.41. The Balaban J connectivity index is 1.89. The number of ether oxygens (including phenoxy) is 1. The van der Waals surface area contributed by atoms with Crippen LogP contribution in [0.15, 0.2) is 24.3 Å². The molecule has 1 aliphatic carbocycles. The highest BCUT2D eigenvalue weighted by Crippen LogP contribution is 2.25. The van der Waals surface area contributed by atoms with Gasteiger partial charge in [-0.25, -0.2) is 9.59 Å². The molecule has 29 heavy (non-hydrogen) atoms. The molecule has 0 bridgehead atoms. The van der Waals surface area contributed by atoms with E-state index in [1.165, 1.54) is 6.92 Å². The lowest BCUT2D eigenvalue weighted by molar-refractivity contribution is -0.154. The highest BCUT2D eigenvalue weighted by atomic mass is 35.5. The van der Waals surface area contributed by atoms with E-state index >= 15 is 0 Å². The molecule has 1 aromatic carbocycles. The molecule has 0 aliphatic heterocycles. The quantitative estimate of drug-likeness (QED) is 0.496. The number of carbonyl (C=O) groups excluding carboxylic acids is 4. The molecular formula is C19H25ClN4O5.